The van der Waals surface area contributed by atoms with Crippen molar-refractivity contribution in [2.75, 3.05) is 16.9 Å². The lowest BCUT2D eigenvalue weighted by Crippen LogP contribution is -2.44. The Morgan fingerprint density at radius 1 is 1.10 bits per heavy atom. The molecule has 0 aromatic heterocycles. The van der Waals surface area contributed by atoms with Crippen molar-refractivity contribution in [3.63, 3.8) is 0 Å². The van der Waals surface area contributed by atoms with Crippen LogP contribution in [0.2, 0.25) is 0 Å². The van der Waals surface area contributed by atoms with Crippen LogP contribution < -0.4 is 5.32 Å². The summed E-state index contributed by atoms with van der Waals surface area (Å²) in [4.78, 5) is 26.4. The first kappa shape index (κ1) is 22.2. The molecule has 1 heterocycles. The number of carbonyl (C=O) groups is 2. The first-order valence-corrected chi connectivity index (χ1v) is 11.7. The molecule has 160 valence electrons. The van der Waals surface area contributed by atoms with Gasteiger partial charge in [-0.3, -0.25) is 9.59 Å². The first-order valence-electron chi connectivity index (χ1n) is 9.00. The van der Waals surface area contributed by atoms with Crippen molar-refractivity contribution in [3.8, 4) is 0 Å². The van der Waals surface area contributed by atoms with Crippen molar-refractivity contribution in [2.45, 2.75) is 30.5 Å². The minimum Gasteiger partial charge on any atom is -0.324 e. The van der Waals surface area contributed by atoms with Crippen LogP contribution in [0.4, 0.5) is 14.5 Å². The number of halogens is 2. The third-order valence-corrected chi connectivity index (χ3v) is 7.30. The number of rotatable bonds is 5. The second kappa shape index (κ2) is 8.73. The number of anilines is 1. The number of nitrogens with zero attached hydrogens (tertiary/aromatic N) is 1. The second-order valence-corrected chi connectivity index (χ2v) is 9.83. The molecule has 1 atom stereocenters. The van der Waals surface area contributed by atoms with E-state index in [2.05, 4.69) is 5.32 Å². The van der Waals surface area contributed by atoms with Crippen molar-refractivity contribution in [3.05, 3.63) is 59.2 Å². The van der Waals surface area contributed by atoms with Crippen molar-refractivity contribution >= 4 is 39.1 Å². The largest absolute Gasteiger partial charge is 0.341 e. The predicted molar refractivity (Wildman–Crippen MR) is 111 cm³/mol. The molecule has 2 aromatic rings. The number of hydrogen-bond donors (Lipinski definition) is 1. The summed E-state index contributed by atoms with van der Waals surface area (Å²) in [7, 11) is -4.73. The molecule has 30 heavy (non-hydrogen) atoms. The van der Waals surface area contributed by atoms with Crippen LogP contribution in [-0.2, 0) is 14.6 Å². The van der Waals surface area contributed by atoms with Crippen molar-refractivity contribution < 1.29 is 26.8 Å². The molecule has 2 amide bonds. The van der Waals surface area contributed by atoms with Crippen LogP contribution in [0.5, 0.6) is 0 Å². The summed E-state index contributed by atoms with van der Waals surface area (Å²) in [5, 5.41) is 2.82. The molecule has 0 saturated carbocycles. The van der Waals surface area contributed by atoms with E-state index < -0.39 is 32.4 Å². The highest BCUT2D eigenvalue weighted by Crippen LogP contribution is 2.26. The SMILES string of the molecule is Cc1ccc(NC(=O)C2CSCN2C(=O)c2ccc(S(=O)(=O)C(F)F)cc2)cc1C. The number of carbonyl (C=O) groups excluding carboxylic acids is 2. The summed E-state index contributed by atoms with van der Waals surface area (Å²) in [6.45, 7) is 3.90. The van der Waals surface area contributed by atoms with E-state index in [9.17, 15) is 26.8 Å². The van der Waals surface area contributed by atoms with Gasteiger partial charge in [-0.25, -0.2) is 8.42 Å². The van der Waals surface area contributed by atoms with Gasteiger partial charge < -0.3 is 10.2 Å². The van der Waals surface area contributed by atoms with E-state index in [1.165, 1.54) is 28.8 Å². The molecule has 0 aliphatic carbocycles. The summed E-state index contributed by atoms with van der Waals surface area (Å²) >= 11 is 1.42. The van der Waals surface area contributed by atoms with E-state index in [1.54, 1.807) is 6.07 Å². The number of alkyl halides is 2. The lowest BCUT2D eigenvalue weighted by atomic mass is 10.1. The number of nitrogens with one attached hydrogen (secondary N) is 1. The predicted octanol–water partition coefficient (Wildman–Crippen LogP) is 3.45. The Hall–Kier alpha value is -2.46. The number of sulfone groups is 1. The maximum atomic E-state index is 12.8. The molecule has 6 nitrogen and oxygen atoms in total. The van der Waals surface area contributed by atoms with E-state index in [4.69, 9.17) is 0 Å². The highest BCUT2D eigenvalue weighted by Gasteiger charge is 2.35. The van der Waals surface area contributed by atoms with Crippen LogP contribution in [-0.4, -0.2) is 48.6 Å². The topological polar surface area (TPSA) is 83.6 Å². The lowest BCUT2D eigenvalue weighted by Gasteiger charge is -2.23. The fourth-order valence-electron chi connectivity index (χ4n) is 2.96. The average molecular weight is 455 g/mol. The molecule has 1 unspecified atom stereocenters. The molecule has 10 heteroatoms. The summed E-state index contributed by atoms with van der Waals surface area (Å²) < 4.78 is 48.4. The molecule has 1 aliphatic heterocycles. The average Bonchev–Trinajstić information content (AvgIpc) is 3.20. The Balaban J connectivity index is 1.75. The van der Waals surface area contributed by atoms with Gasteiger partial charge in [0.05, 0.1) is 10.8 Å². The van der Waals surface area contributed by atoms with E-state index in [0.717, 1.165) is 23.3 Å². The number of aryl methyl sites for hydroxylation is 2. The summed E-state index contributed by atoms with van der Waals surface area (Å²) in [5.74, 6) is -3.62. The smallest absolute Gasteiger partial charge is 0.324 e. The third kappa shape index (κ3) is 4.49. The molecule has 0 radical (unpaired) electrons. The molecule has 0 spiro atoms. The van der Waals surface area contributed by atoms with E-state index in [-0.39, 0.29) is 11.5 Å². The highest BCUT2D eigenvalue weighted by atomic mass is 32.2. The number of benzene rings is 2. The van der Waals surface area contributed by atoms with Gasteiger partial charge in [0, 0.05) is 17.0 Å². The maximum Gasteiger partial charge on any atom is 0.341 e. The maximum absolute atomic E-state index is 12.8. The standard InChI is InChI=1S/C20H20F2N2O4S2/c1-12-3-6-15(9-13(12)2)23-18(25)17-10-29-11-24(17)19(26)14-4-7-16(8-5-14)30(27,28)20(21)22/h3-9,17,20H,10-11H2,1-2H3,(H,23,25). The Morgan fingerprint density at radius 2 is 1.77 bits per heavy atom. The van der Waals surface area contributed by atoms with Gasteiger partial charge in [0.2, 0.25) is 15.7 Å². The summed E-state index contributed by atoms with van der Waals surface area (Å²) in [6.07, 6.45) is 0. The highest BCUT2D eigenvalue weighted by molar-refractivity contribution is 7.99. The molecule has 2 aromatic carbocycles. The summed E-state index contributed by atoms with van der Waals surface area (Å²) in [6, 6.07) is 9.14. The molecule has 1 fully saturated rings. The van der Waals surface area contributed by atoms with Gasteiger partial charge in [-0.1, -0.05) is 6.07 Å². The molecular formula is C20H20F2N2O4S2. The van der Waals surface area contributed by atoms with Crippen LogP contribution >= 0.6 is 11.8 Å². The molecule has 0 bridgehead atoms. The van der Waals surface area contributed by atoms with E-state index in [1.807, 2.05) is 26.0 Å². The Morgan fingerprint density at radius 3 is 2.37 bits per heavy atom. The van der Waals surface area contributed by atoms with E-state index >= 15 is 0 Å². The van der Waals surface area contributed by atoms with Crippen LogP contribution in [0.3, 0.4) is 0 Å². The quantitative estimate of drug-likeness (QED) is 0.748. The zero-order valence-electron chi connectivity index (χ0n) is 16.3. The lowest BCUT2D eigenvalue weighted by molar-refractivity contribution is -0.119. The van der Waals surface area contributed by atoms with E-state index in [0.29, 0.717) is 17.3 Å². The van der Waals surface area contributed by atoms with Crippen LogP contribution in [0.15, 0.2) is 47.4 Å². The van der Waals surface area contributed by atoms with Crippen molar-refractivity contribution in [1.82, 2.24) is 4.90 Å². The molecule has 1 N–H and O–H groups in total. The monoisotopic (exact) mass is 454 g/mol. The van der Waals surface area contributed by atoms with Gasteiger partial charge in [-0.15, -0.1) is 11.8 Å². The van der Waals surface area contributed by atoms with Crippen LogP contribution in [0.1, 0.15) is 21.5 Å². The minimum atomic E-state index is -4.73. The molecule has 3 rings (SSSR count). The number of amides is 2. The second-order valence-electron chi connectivity index (χ2n) is 6.91. The van der Waals surface area contributed by atoms with Gasteiger partial charge in [0.15, 0.2) is 0 Å². The third-order valence-electron chi connectivity index (χ3n) is 4.88. The normalized spacial score (nSPS) is 16.7. The van der Waals surface area contributed by atoms with Crippen molar-refractivity contribution in [1.29, 1.82) is 0 Å². The summed E-state index contributed by atoms with van der Waals surface area (Å²) in [5.41, 5.74) is 2.88. The van der Waals surface area contributed by atoms with Gasteiger partial charge in [0.25, 0.3) is 5.91 Å². The fraction of sp³-hybridized carbons (Fsp3) is 0.300. The van der Waals surface area contributed by atoms with Gasteiger partial charge >= 0.3 is 5.76 Å². The zero-order chi connectivity index (χ0) is 22.1. The van der Waals surface area contributed by atoms with Crippen LogP contribution in [0, 0.1) is 13.8 Å². The van der Waals surface area contributed by atoms with Crippen LogP contribution in [0.25, 0.3) is 0 Å². The van der Waals surface area contributed by atoms with Gasteiger partial charge in [-0.2, -0.15) is 8.78 Å². The van der Waals surface area contributed by atoms with Crippen molar-refractivity contribution in [2.24, 2.45) is 0 Å². The fourth-order valence-corrected chi connectivity index (χ4v) is 4.84. The Kier molecular flexibility index (Phi) is 6.47. The van der Waals surface area contributed by atoms with Gasteiger partial charge in [0.1, 0.15) is 6.04 Å². The Labute approximate surface area is 177 Å². The minimum absolute atomic E-state index is 0.120. The Bertz CT molecular complexity index is 1070. The zero-order valence-corrected chi connectivity index (χ0v) is 17.9. The first-order chi connectivity index (χ1) is 14.1. The molecule has 1 saturated heterocycles. The molecule has 1 aliphatic rings. The number of hydrogen-bond acceptors (Lipinski definition) is 5. The molecular weight excluding hydrogens is 434 g/mol. The number of thioether (sulfide) groups is 1. The van der Waals surface area contributed by atoms with Gasteiger partial charge in [-0.05, 0) is 61.4 Å².